The van der Waals surface area contributed by atoms with E-state index in [1.54, 1.807) is 20.9 Å². The molecule has 0 bridgehead atoms. The van der Waals surface area contributed by atoms with Crippen LogP contribution in [0.1, 0.15) is 65.4 Å². The molecule has 2 rings (SSSR count). The smallest absolute Gasteiger partial charge is 0.308 e. The van der Waals surface area contributed by atoms with Gasteiger partial charge in [-0.1, -0.05) is 12.5 Å². The van der Waals surface area contributed by atoms with Gasteiger partial charge in [-0.25, -0.2) is 8.42 Å². The van der Waals surface area contributed by atoms with E-state index in [1.165, 1.54) is 6.07 Å². The number of hydrogen-bond donors (Lipinski definition) is 1. The Balaban J connectivity index is 1.98. The van der Waals surface area contributed by atoms with E-state index in [2.05, 4.69) is 5.32 Å². The van der Waals surface area contributed by atoms with Crippen LogP contribution in [0, 0.1) is 11.8 Å². The summed E-state index contributed by atoms with van der Waals surface area (Å²) in [6.45, 7) is 6.89. The van der Waals surface area contributed by atoms with E-state index in [0.29, 0.717) is 25.2 Å². The average Bonchev–Trinajstić information content (AvgIpc) is 2.62. The van der Waals surface area contributed by atoms with E-state index in [0.717, 1.165) is 31.0 Å². The maximum absolute atomic E-state index is 13.1. The van der Waals surface area contributed by atoms with Crippen LogP contribution in [0.25, 0.3) is 0 Å². The highest BCUT2D eigenvalue weighted by Gasteiger charge is 2.48. The third kappa shape index (κ3) is 5.07. The van der Waals surface area contributed by atoms with Gasteiger partial charge in [0.15, 0.2) is 15.6 Å². The molecule has 0 saturated heterocycles. The molecule has 1 N–H and O–H groups in total. The Morgan fingerprint density at radius 1 is 1.13 bits per heavy atom. The van der Waals surface area contributed by atoms with Gasteiger partial charge in [-0.3, -0.25) is 4.79 Å². The minimum atomic E-state index is -4.59. The number of Topliss-reactive ketones (excluding diaryl/α,β-unsaturated/α-hetero) is 1. The largest absolute Gasteiger partial charge is 0.416 e. The molecule has 0 aromatic heterocycles. The number of carbonyl (C=O) groups excluding carboxylic acids is 1. The van der Waals surface area contributed by atoms with Crippen LogP contribution in [0.3, 0.4) is 0 Å². The van der Waals surface area contributed by atoms with Crippen molar-refractivity contribution in [3.05, 3.63) is 29.8 Å². The summed E-state index contributed by atoms with van der Waals surface area (Å²) in [5.41, 5.74) is -1.51. The summed E-state index contributed by atoms with van der Waals surface area (Å²) in [6.07, 6.45) is -1.11. The van der Waals surface area contributed by atoms with Gasteiger partial charge in [-0.2, -0.15) is 13.2 Å². The van der Waals surface area contributed by atoms with Gasteiger partial charge >= 0.3 is 6.18 Å². The number of sulfone groups is 1. The Hall–Kier alpha value is -1.41. The first-order valence-corrected chi connectivity index (χ1v) is 11.8. The highest BCUT2D eigenvalue weighted by atomic mass is 32.2. The van der Waals surface area contributed by atoms with Crippen molar-refractivity contribution < 1.29 is 26.4 Å². The van der Waals surface area contributed by atoms with E-state index >= 15 is 0 Å². The molecule has 0 heterocycles. The van der Waals surface area contributed by atoms with Gasteiger partial charge in [0, 0.05) is 6.42 Å². The van der Waals surface area contributed by atoms with Crippen molar-refractivity contribution in [2.45, 2.75) is 81.2 Å². The molecule has 0 spiro atoms. The molecule has 1 saturated carbocycles. The van der Waals surface area contributed by atoms with Crippen LogP contribution in [0.4, 0.5) is 13.2 Å². The standard InChI is InChI=1S/C22H32F3NO3S/c1-20(2,26-5)19(27)11-6-8-15-12-17(13-15)21(3,4)30(28,29)18-10-7-9-16(14-18)22(23,24)25/h7,9-10,14-15,17,26H,6,8,11-13H2,1-5H3. The molecule has 4 nitrogen and oxygen atoms in total. The fraction of sp³-hybridized carbons (Fsp3) is 0.682. The molecule has 1 fully saturated rings. The summed E-state index contributed by atoms with van der Waals surface area (Å²) >= 11 is 0. The van der Waals surface area contributed by atoms with Gasteiger partial charge in [0.1, 0.15) is 0 Å². The van der Waals surface area contributed by atoms with Crippen molar-refractivity contribution in [2.75, 3.05) is 7.05 Å². The number of benzene rings is 1. The van der Waals surface area contributed by atoms with Gasteiger partial charge in [0.05, 0.1) is 20.7 Å². The van der Waals surface area contributed by atoms with Crippen LogP contribution in [-0.2, 0) is 20.8 Å². The molecule has 0 radical (unpaired) electrons. The second-order valence-electron chi connectivity index (χ2n) is 9.36. The summed E-state index contributed by atoms with van der Waals surface area (Å²) in [5, 5.41) is 2.99. The van der Waals surface area contributed by atoms with Crippen LogP contribution in [0.15, 0.2) is 29.2 Å². The molecule has 0 atom stereocenters. The Kier molecular flexibility index (Phi) is 7.14. The van der Waals surface area contributed by atoms with E-state index < -0.39 is 31.9 Å². The Morgan fingerprint density at radius 2 is 1.73 bits per heavy atom. The van der Waals surface area contributed by atoms with E-state index in [1.807, 2.05) is 13.8 Å². The zero-order chi connectivity index (χ0) is 23.0. The van der Waals surface area contributed by atoms with Crippen molar-refractivity contribution in [2.24, 2.45) is 11.8 Å². The Bertz CT molecular complexity index is 870. The van der Waals surface area contributed by atoms with Crippen molar-refractivity contribution in [3.63, 3.8) is 0 Å². The van der Waals surface area contributed by atoms with Gasteiger partial charge < -0.3 is 5.32 Å². The SMILES string of the molecule is CNC(C)(C)C(=O)CCCC1CC(C(C)(C)S(=O)(=O)c2cccc(C(F)(F)F)c2)C1. The van der Waals surface area contributed by atoms with Gasteiger partial charge in [0.2, 0.25) is 0 Å². The first-order valence-electron chi connectivity index (χ1n) is 10.3. The van der Waals surface area contributed by atoms with Gasteiger partial charge in [-0.05, 0) is 84.0 Å². The highest BCUT2D eigenvalue weighted by molar-refractivity contribution is 7.92. The van der Waals surface area contributed by atoms with E-state index in [4.69, 9.17) is 0 Å². The number of ketones is 1. The van der Waals surface area contributed by atoms with Gasteiger partial charge in [0.25, 0.3) is 0 Å². The predicted octanol–water partition coefficient (Wildman–Crippen LogP) is 5.02. The third-order valence-corrected chi connectivity index (χ3v) is 9.31. The van der Waals surface area contributed by atoms with Crippen LogP contribution in [0.5, 0.6) is 0 Å². The van der Waals surface area contributed by atoms with Crippen molar-refractivity contribution >= 4 is 15.6 Å². The Labute approximate surface area is 177 Å². The maximum atomic E-state index is 13.1. The lowest BCUT2D eigenvalue weighted by Crippen LogP contribution is -2.46. The van der Waals surface area contributed by atoms with Crippen LogP contribution >= 0.6 is 0 Å². The molecule has 1 aliphatic rings. The molecule has 8 heteroatoms. The van der Waals surface area contributed by atoms with Crippen molar-refractivity contribution in [3.8, 4) is 0 Å². The summed E-state index contributed by atoms with van der Waals surface area (Å²) in [5.74, 6) is 0.372. The lowest BCUT2D eigenvalue weighted by Gasteiger charge is -2.45. The fourth-order valence-electron chi connectivity index (χ4n) is 3.90. The minimum absolute atomic E-state index is 0.119. The number of carbonyl (C=O) groups is 1. The first kappa shape index (κ1) is 24.9. The molecular formula is C22H32F3NO3S. The lowest BCUT2D eigenvalue weighted by atomic mass is 9.67. The van der Waals surface area contributed by atoms with Crippen LogP contribution in [0.2, 0.25) is 0 Å². The zero-order valence-corrected chi connectivity index (χ0v) is 19.1. The number of nitrogens with one attached hydrogen (secondary N) is 1. The minimum Gasteiger partial charge on any atom is -0.308 e. The molecule has 170 valence electrons. The van der Waals surface area contributed by atoms with Crippen LogP contribution < -0.4 is 5.32 Å². The third-order valence-electron chi connectivity index (χ3n) is 6.72. The average molecular weight is 448 g/mol. The van der Waals surface area contributed by atoms with Crippen molar-refractivity contribution in [1.82, 2.24) is 5.32 Å². The number of alkyl halides is 3. The molecule has 1 aromatic rings. The maximum Gasteiger partial charge on any atom is 0.416 e. The normalized spacial score (nSPS) is 20.7. The summed E-state index contributed by atoms with van der Waals surface area (Å²) in [4.78, 5) is 11.9. The number of halogens is 3. The fourth-order valence-corrected chi connectivity index (χ4v) is 5.68. The number of rotatable bonds is 9. The molecule has 30 heavy (non-hydrogen) atoms. The molecule has 0 amide bonds. The van der Waals surface area contributed by atoms with E-state index in [-0.39, 0.29) is 16.6 Å². The van der Waals surface area contributed by atoms with Crippen molar-refractivity contribution in [1.29, 1.82) is 0 Å². The summed E-state index contributed by atoms with van der Waals surface area (Å²) in [6, 6.07) is 3.97. The molecule has 1 aromatic carbocycles. The number of hydrogen-bond acceptors (Lipinski definition) is 4. The molecule has 1 aliphatic carbocycles. The lowest BCUT2D eigenvalue weighted by molar-refractivity contribution is -0.137. The topological polar surface area (TPSA) is 63.2 Å². The first-order chi connectivity index (χ1) is 13.6. The highest BCUT2D eigenvalue weighted by Crippen LogP contribution is 2.48. The van der Waals surface area contributed by atoms with E-state index in [9.17, 15) is 26.4 Å². The number of likely N-dealkylation sites (N-methyl/N-ethyl adjacent to an activating group) is 1. The predicted molar refractivity (Wildman–Crippen MR) is 111 cm³/mol. The Morgan fingerprint density at radius 3 is 2.27 bits per heavy atom. The molecular weight excluding hydrogens is 415 g/mol. The zero-order valence-electron chi connectivity index (χ0n) is 18.3. The molecule has 0 aliphatic heterocycles. The summed E-state index contributed by atoms with van der Waals surface area (Å²) in [7, 11) is -2.17. The summed E-state index contributed by atoms with van der Waals surface area (Å²) < 4.78 is 64.0. The quantitative estimate of drug-likeness (QED) is 0.577. The monoisotopic (exact) mass is 447 g/mol. The van der Waals surface area contributed by atoms with Crippen LogP contribution in [-0.4, -0.2) is 31.5 Å². The van der Waals surface area contributed by atoms with Gasteiger partial charge in [-0.15, -0.1) is 0 Å². The second-order valence-corrected chi connectivity index (χ2v) is 11.9. The molecule has 0 unspecified atom stereocenters. The second kappa shape index (κ2) is 8.61.